The lowest BCUT2D eigenvalue weighted by molar-refractivity contribution is 0.378. The Morgan fingerprint density at radius 2 is 1.45 bits per heavy atom. The van der Waals surface area contributed by atoms with E-state index in [1.165, 1.54) is 22.4 Å². The number of benzene rings is 2. The number of hydrogen-bond acceptors (Lipinski definition) is 3. The second kappa shape index (κ2) is 12.6. The van der Waals surface area contributed by atoms with E-state index in [0.29, 0.717) is 6.04 Å². The molecule has 1 unspecified atom stereocenters. The highest BCUT2D eigenvalue weighted by molar-refractivity contribution is 5.62. The predicted octanol–water partition coefficient (Wildman–Crippen LogP) is 7.77. The van der Waals surface area contributed by atoms with Crippen LogP contribution in [0.4, 0.5) is 5.69 Å². The quantitative estimate of drug-likeness (QED) is 0.426. The molecule has 1 aromatic heterocycles. The van der Waals surface area contributed by atoms with Gasteiger partial charge in [-0.3, -0.25) is 4.68 Å². The molecule has 0 bridgehead atoms. The molecule has 182 valence electrons. The Kier molecular flexibility index (Phi) is 10.9. The lowest BCUT2D eigenvalue weighted by Gasteiger charge is -2.26. The topological polar surface area (TPSA) is 41.9 Å². The molecule has 1 heterocycles. The number of rotatable bonds is 4. The van der Waals surface area contributed by atoms with Gasteiger partial charge in [-0.15, -0.1) is 0 Å². The van der Waals surface area contributed by atoms with Crippen molar-refractivity contribution in [2.75, 3.05) is 5.32 Å². The van der Waals surface area contributed by atoms with E-state index in [0.717, 1.165) is 5.56 Å². The van der Waals surface area contributed by atoms with E-state index in [-0.39, 0.29) is 11.1 Å². The summed E-state index contributed by atoms with van der Waals surface area (Å²) in [5.41, 5.74) is 6.44. The third-order valence-electron chi connectivity index (χ3n) is 4.64. The van der Waals surface area contributed by atoms with Crippen molar-refractivity contribution in [3.63, 3.8) is 0 Å². The summed E-state index contributed by atoms with van der Waals surface area (Å²) in [4.78, 5) is 0. The molecule has 0 fully saturated rings. The molecular weight excluding hydrogens is 404 g/mol. The van der Waals surface area contributed by atoms with Gasteiger partial charge in [-0.2, -0.15) is 5.10 Å². The molecule has 0 aliphatic rings. The summed E-state index contributed by atoms with van der Waals surface area (Å²) in [6.45, 7) is 21.4. The minimum atomic E-state index is 0.126. The smallest absolute Gasteiger partial charge is 0.0568 e. The van der Waals surface area contributed by atoms with Gasteiger partial charge in [-0.1, -0.05) is 50.2 Å². The fourth-order valence-electron chi connectivity index (χ4n) is 3.42. The van der Waals surface area contributed by atoms with Crippen molar-refractivity contribution in [2.45, 2.75) is 86.4 Å². The lowest BCUT2D eigenvalue weighted by atomic mass is 10.0. The summed E-state index contributed by atoms with van der Waals surface area (Å²) in [5, 5.41) is 11.2. The van der Waals surface area contributed by atoms with Crippen LogP contribution in [0.15, 0.2) is 60.9 Å². The van der Waals surface area contributed by atoms with Crippen LogP contribution in [0.1, 0.15) is 79.5 Å². The van der Waals surface area contributed by atoms with E-state index in [4.69, 9.17) is 0 Å². The molecule has 0 saturated carbocycles. The monoisotopic (exact) mass is 450 g/mol. The summed E-state index contributed by atoms with van der Waals surface area (Å²) in [5.74, 6) is 0. The Bertz CT molecular complexity index is 941. The zero-order chi connectivity index (χ0) is 25.2. The largest absolute Gasteiger partial charge is 0.380 e. The zero-order valence-corrected chi connectivity index (χ0v) is 22.7. The molecular formula is C29H46N4. The van der Waals surface area contributed by atoms with Crippen LogP contribution in [0.25, 0.3) is 11.1 Å². The van der Waals surface area contributed by atoms with Crippen LogP contribution in [0, 0.1) is 6.92 Å². The van der Waals surface area contributed by atoms with Crippen molar-refractivity contribution in [1.29, 1.82) is 0 Å². The highest BCUT2D eigenvalue weighted by Crippen LogP contribution is 2.22. The van der Waals surface area contributed by atoms with E-state index in [2.05, 4.69) is 120 Å². The number of aryl methyl sites for hydroxylation is 2. The molecule has 1 atom stereocenters. The summed E-state index contributed by atoms with van der Waals surface area (Å²) in [6, 6.07) is 17.5. The van der Waals surface area contributed by atoms with Crippen molar-refractivity contribution in [1.82, 2.24) is 15.1 Å². The van der Waals surface area contributed by atoms with Gasteiger partial charge in [0.2, 0.25) is 0 Å². The third-order valence-corrected chi connectivity index (χ3v) is 4.64. The van der Waals surface area contributed by atoms with E-state index >= 15 is 0 Å². The summed E-state index contributed by atoms with van der Waals surface area (Å²) in [7, 11) is 1.94. The maximum atomic E-state index is 4.20. The van der Waals surface area contributed by atoms with Crippen molar-refractivity contribution < 1.29 is 0 Å². The minimum Gasteiger partial charge on any atom is -0.380 e. The first kappa shape index (κ1) is 28.4. The van der Waals surface area contributed by atoms with Crippen molar-refractivity contribution in [3.8, 4) is 11.1 Å². The summed E-state index contributed by atoms with van der Waals surface area (Å²) in [6.07, 6.45) is 3.93. The molecule has 2 N–H and O–H groups in total. The number of nitrogens with zero attached hydrogens (tertiary/aromatic N) is 2. The molecule has 0 spiro atoms. The molecule has 0 saturated heterocycles. The van der Waals surface area contributed by atoms with Crippen LogP contribution in [-0.4, -0.2) is 20.9 Å². The van der Waals surface area contributed by atoms with Crippen molar-refractivity contribution in [2.24, 2.45) is 7.05 Å². The van der Waals surface area contributed by atoms with E-state index in [1.54, 1.807) is 0 Å². The number of hydrogen-bond donors (Lipinski definition) is 2. The van der Waals surface area contributed by atoms with Crippen LogP contribution in [0.3, 0.4) is 0 Å². The third kappa shape index (κ3) is 11.2. The molecule has 4 heteroatoms. The molecule has 2 aromatic carbocycles. The molecule has 0 amide bonds. The first-order chi connectivity index (χ1) is 15.3. The zero-order valence-electron chi connectivity index (χ0n) is 22.7. The maximum Gasteiger partial charge on any atom is 0.0568 e. The Balaban J connectivity index is 0.000000335. The first-order valence-corrected chi connectivity index (χ1v) is 12.0. The molecule has 4 nitrogen and oxygen atoms in total. The molecule has 33 heavy (non-hydrogen) atoms. The highest BCUT2D eigenvalue weighted by atomic mass is 15.2. The average molecular weight is 451 g/mol. The van der Waals surface area contributed by atoms with Gasteiger partial charge in [0.05, 0.1) is 6.20 Å². The Morgan fingerprint density at radius 3 is 1.91 bits per heavy atom. The van der Waals surface area contributed by atoms with E-state index in [9.17, 15) is 0 Å². The van der Waals surface area contributed by atoms with Gasteiger partial charge in [-0.05, 0) is 84.2 Å². The van der Waals surface area contributed by atoms with Gasteiger partial charge in [0.15, 0.2) is 0 Å². The van der Waals surface area contributed by atoms with Gasteiger partial charge >= 0.3 is 0 Å². The Morgan fingerprint density at radius 1 is 0.848 bits per heavy atom. The Hall–Kier alpha value is -2.59. The van der Waals surface area contributed by atoms with Crippen molar-refractivity contribution >= 4 is 5.69 Å². The van der Waals surface area contributed by atoms with Crippen molar-refractivity contribution in [3.05, 3.63) is 72.1 Å². The second-order valence-electron chi connectivity index (χ2n) is 10.4. The SMILES string of the molecule is CC.CC(NC(C)(C)C)c1ccc(-c2cnn(C)c2)cc1.Cc1cccc(NC(C)(C)C)c1. The fourth-order valence-corrected chi connectivity index (χ4v) is 3.42. The molecule has 0 aliphatic carbocycles. The maximum absolute atomic E-state index is 4.20. The second-order valence-corrected chi connectivity index (χ2v) is 10.4. The molecule has 3 rings (SSSR count). The van der Waals surface area contributed by atoms with Crippen LogP contribution < -0.4 is 10.6 Å². The van der Waals surface area contributed by atoms with Crippen LogP contribution in [0.5, 0.6) is 0 Å². The summed E-state index contributed by atoms with van der Waals surface area (Å²) < 4.78 is 1.83. The first-order valence-electron chi connectivity index (χ1n) is 12.0. The van der Waals surface area contributed by atoms with Gasteiger partial charge in [0.1, 0.15) is 0 Å². The standard InChI is InChI=1S/C16H23N3.C11H17N.C2H6/c1-12(18-16(2,3)4)13-6-8-14(9-7-13)15-10-17-19(5)11-15;1-9-6-5-7-10(8-9)12-11(2,3)4;1-2/h6-12,18H,1-5H3;5-8,12H,1-4H3;1-2H3. The molecule has 0 aliphatic heterocycles. The van der Waals surface area contributed by atoms with E-state index in [1.807, 2.05) is 38.0 Å². The fraction of sp³-hybridized carbons (Fsp3) is 0.483. The normalized spacial score (nSPS) is 12.1. The van der Waals surface area contributed by atoms with Crippen LogP contribution in [0.2, 0.25) is 0 Å². The number of nitrogens with one attached hydrogen (secondary N) is 2. The number of anilines is 1. The van der Waals surface area contributed by atoms with Gasteiger partial charge in [-0.25, -0.2) is 0 Å². The van der Waals surface area contributed by atoms with Gasteiger partial charge < -0.3 is 10.6 Å². The van der Waals surface area contributed by atoms with Crippen LogP contribution in [-0.2, 0) is 7.05 Å². The minimum absolute atomic E-state index is 0.126. The predicted molar refractivity (Wildman–Crippen MR) is 146 cm³/mol. The van der Waals surface area contributed by atoms with E-state index < -0.39 is 0 Å². The Labute approximate surface area is 202 Å². The highest BCUT2D eigenvalue weighted by Gasteiger charge is 2.14. The molecule has 3 aromatic rings. The number of aromatic nitrogens is 2. The summed E-state index contributed by atoms with van der Waals surface area (Å²) >= 11 is 0. The lowest BCUT2D eigenvalue weighted by Crippen LogP contribution is -2.37. The average Bonchev–Trinajstić information content (AvgIpc) is 3.14. The van der Waals surface area contributed by atoms with Gasteiger partial charge in [0, 0.05) is 41.6 Å². The van der Waals surface area contributed by atoms with Crippen LogP contribution >= 0.6 is 0 Å². The molecule has 0 radical (unpaired) electrons. The van der Waals surface area contributed by atoms with Gasteiger partial charge in [0.25, 0.3) is 0 Å².